The zero-order valence-electron chi connectivity index (χ0n) is 15.7. The van der Waals surface area contributed by atoms with Crippen LogP contribution >= 0.6 is 0 Å². The zero-order valence-corrected chi connectivity index (χ0v) is 17.3. The van der Waals surface area contributed by atoms with E-state index in [0.29, 0.717) is 5.69 Å². The molecule has 2 aromatic carbocycles. The number of amides is 1. The molecule has 2 rings (SSSR count). The van der Waals surface area contributed by atoms with Crippen molar-refractivity contribution in [2.24, 2.45) is 0 Å². The molecule has 0 aliphatic carbocycles. The minimum atomic E-state index is -4.99. The molecule has 0 bridgehead atoms. The van der Waals surface area contributed by atoms with Crippen molar-refractivity contribution in [2.75, 3.05) is 25.1 Å². The molecule has 0 aliphatic heterocycles. The molecule has 0 aliphatic rings. The molecule has 166 valence electrons. The second-order valence-electron chi connectivity index (χ2n) is 5.46. The maximum absolute atomic E-state index is 11.9. The fourth-order valence-corrected chi connectivity index (χ4v) is 3.26. The molecule has 1 amide bonds. The Hall–Kier alpha value is -2.68. The van der Waals surface area contributed by atoms with Crippen LogP contribution in [0.25, 0.3) is 0 Å². The van der Waals surface area contributed by atoms with Crippen molar-refractivity contribution < 1.29 is 34.8 Å². The lowest BCUT2D eigenvalue weighted by Gasteiger charge is -2.08. The van der Waals surface area contributed by atoms with E-state index < -0.39 is 32.1 Å². The Labute approximate surface area is 171 Å². The largest absolute Gasteiger partial charge is 0.471 e. The molecule has 0 saturated heterocycles. The SMILES string of the molecule is CNS(=O)(=O)c1ccc(N)cc1.CNS(=O)(=O)c1ccc(NC(=O)C(F)(F)F)cc1. The van der Waals surface area contributed by atoms with Gasteiger partial charge in [0.05, 0.1) is 9.79 Å². The third-order valence-corrected chi connectivity index (χ3v) is 6.27. The van der Waals surface area contributed by atoms with Crippen molar-refractivity contribution in [3.8, 4) is 0 Å². The van der Waals surface area contributed by atoms with Gasteiger partial charge in [0, 0.05) is 11.4 Å². The van der Waals surface area contributed by atoms with Gasteiger partial charge in [-0.1, -0.05) is 0 Å². The first-order valence-electron chi connectivity index (χ1n) is 7.94. The minimum Gasteiger partial charge on any atom is -0.399 e. The van der Waals surface area contributed by atoms with Crippen molar-refractivity contribution in [3.05, 3.63) is 48.5 Å². The molecule has 30 heavy (non-hydrogen) atoms. The molecule has 0 fully saturated rings. The predicted octanol–water partition coefficient (Wildman–Crippen LogP) is 1.27. The number of anilines is 2. The highest BCUT2D eigenvalue weighted by atomic mass is 32.2. The number of carbonyl (C=O) groups is 1. The topological polar surface area (TPSA) is 147 Å². The van der Waals surface area contributed by atoms with E-state index in [2.05, 4.69) is 4.72 Å². The normalized spacial score (nSPS) is 11.9. The molecule has 0 radical (unpaired) electrons. The third kappa shape index (κ3) is 7.29. The number of nitrogens with two attached hydrogens (primary N) is 1. The lowest BCUT2D eigenvalue weighted by molar-refractivity contribution is -0.167. The summed E-state index contributed by atoms with van der Waals surface area (Å²) in [6.07, 6.45) is -4.99. The first-order valence-corrected chi connectivity index (χ1v) is 10.9. The minimum absolute atomic E-state index is 0.116. The van der Waals surface area contributed by atoms with Crippen LogP contribution in [0.4, 0.5) is 24.5 Å². The summed E-state index contributed by atoms with van der Waals surface area (Å²) < 4.78 is 85.0. The second-order valence-corrected chi connectivity index (χ2v) is 9.23. The predicted molar refractivity (Wildman–Crippen MR) is 104 cm³/mol. The van der Waals surface area contributed by atoms with Gasteiger partial charge in [0.25, 0.3) is 0 Å². The van der Waals surface area contributed by atoms with E-state index in [-0.39, 0.29) is 15.5 Å². The highest BCUT2D eigenvalue weighted by Gasteiger charge is 2.38. The van der Waals surface area contributed by atoms with Gasteiger partial charge < -0.3 is 11.1 Å². The van der Waals surface area contributed by atoms with E-state index >= 15 is 0 Å². The molecule has 5 N–H and O–H groups in total. The van der Waals surface area contributed by atoms with Crippen LogP contribution in [-0.4, -0.2) is 43.0 Å². The molecule has 0 atom stereocenters. The van der Waals surface area contributed by atoms with Gasteiger partial charge in [-0.05, 0) is 62.6 Å². The summed E-state index contributed by atoms with van der Waals surface area (Å²) in [5.41, 5.74) is 5.80. The summed E-state index contributed by atoms with van der Waals surface area (Å²) in [5, 5.41) is 1.60. The molecule has 2 aromatic rings. The molecular weight excluding hydrogens is 449 g/mol. The monoisotopic (exact) mass is 468 g/mol. The summed E-state index contributed by atoms with van der Waals surface area (Å²) in [5.74, 6) is -2.12. The lowest BCUT2D eigenvalue weighted by Crippen LogP contribution is -2.29. The Morgan fingerprint density at radius 3 is 1.50 bits per heavy atom. The summed E-state index contributed by atoms with van der Waals surface area (Å²) in [7, 11) is -4.41. The van der Waals surface area contributed by atoms with Crippen molar-refractivity contribution in [1.29, 1.82) is 0 Å². The van der Waals surface area contributed by atoms with Gasteiger partial charge in [-0.15, -0.1) is 0 Å². The number of carbonyl (C=O) groups excluding carboxylic acids is 1. The number of rotatable bonds is 5. The van der Waals surface area contributed by atoms with Crippen molar-refractivity contribution in [3.63, 3.8) is 0 Å². The van der Waals surface area contributed by atoms with Crippen LogP contribution in [0.1, 0.15) is 0 Å². The van der Waals surface area contributed by atoms with Crippen LogP contribution < -0.4 is 20.5 Å². The molecule has 0 aromatic heterocycles. The molecular formula is C16H19F3N4O5S2. The first kappa shape index (κ1) is 25.4. The lowest BCUT2D eigenvalue weighted by atomic mass is 10.3. The van der Waals surface area contributed by atoms with Gasteiger partial charge in [-0.25, -0.2) is 26.3 Å². The number of nitrogens with one attached hydrogen (secondary N) is 3. The first-order chi connectivity index (χ1) is 13.7. The molecule has 14 heteroatoms. The van der Waals surface area contributed by atoms with Gasteiger partial charge in [0.2, 0.25) is 20.0 Å². The summed E-state index contributed by atoms with van der Waals surface area (Å²) in [4.78, 5) is 10.7. The number of nitrogen functional groups attached to an aromatic ring is 1. The van der Waals surface area contributed by atoms with E-state index in [1.54, 1.807) is 17.4 Å². The fourth-order valence-electron chi connectivity index (χ4n) is 1.80. The third-order valence-electron chi connectivity index (χ3n) is 3.41. The molecule has 0 unspecified atom stereocenters. The number of hydrogen-bond donors (Lipinski definition) is 4. The maximum atomic E-state index is 11.9. The van der Waals surface area contributed by atoms with Crippen molar-refractivity contribution in [1.82, 2.24) is 9.44 Å². The van der Waals surface area contributed by atoms with E-state index in [1.165, 1.54) is 26.2 Å². The highest BCUT2D eigenvalue weighted by Crippen LogP contribution is 2.19. The summed E-state index contributed by atoms with van der Waals surface area (Å²) in [6.45, 7) is 0. The van der Waals surface area contributed by atoms with E-state index in [1.807, 2.05) is 4.72 Å². The van der Waals surface area contributed by atoms with Crippen LogP contribution in [0.3, 0.4) is 0 Å². The number of hydrogen-bond acceptors (Lipinski definition) is 6. The number of benzene rings is 2. The van der Waals surface area contributed by atoms with Crippen LogP contribution in [-0.2, 0) is 24.8 Å². The van der Waals surface area contributed by atoms with Crippen molar-refractivity contribution >= 4 is 37.3 Å². The molecule has 0 heterocycles. The van der Waals surface area contributed by atoms with Gasteiger partial charge >= 0.3 is 12.1 Å². The molecule has 0 spiro atoms. The Balaban J connectivity index is 0.000000325. The average Bonchev–Trinajstić information content (AvgIpc) is 2.68. The van der Waals surface area contributed by atoms with Gasteiger partial charge in [0.1, 0.15) is 0 Å². The standard InChI is InChI=1S/C9H9F3N2O3S.C7H10N2O2S/c1-13-18(16,17)7-4-2-6(3-5-7)14-8(15)9(10,11)12;1-9-12(10,11)7-4-2-6(8)3-5-7/h2-5,13H,1H3,(H,14,15);2-5,9H,8H2,1H3. The van der Waals surface area contributed by atoms with Crippen LogP contribution in [0.5, 0.6) is 0 Å². The van der Waals surface area contributed by atoms with Gasteiger partial charge in [-0.2, -0.15) is 13.2 Å². The van der Waals surface area contributed by atoms with Gasteiger partial charge in [0.15, 0.2) is 0 Å². The van der Waals surface area contributed by atoms with E-state index in [9.17, 15) is 34.8 Å². The van der Waals surface area contributed by atoms with Gasteiger partial charge in [-0.3, -0.25) is 4.79 Å². The Bertz CT molecular complexity index is 1070. The zero-order chi connectivity index (χ0) is 23.2. The fraction of sp³-hybridized carbons (Fsp3) is 0.188. The summed E-state index contributed by atoms with van der Waals surface area (Å²) >= 11 is 0. The molecule has 0 saturated carbocycles. The highest BCUT2D eigenvalue weighted by molar-refractivity contribution is 7.89. The number of alkyl halides is 3. The van der Waals surface area contributed by atoms with E-state index in [4.69, 9.17) is 5.73 Å². The summed E-state index contributed by atoms with van der Waals surface area (Å²) in [6, 6.07) is 10.3. The van der Waals surface area contributed by atoms with Crippen LogP contribution in [0.15, 0.2) is 58.3 Å². The Morgan fingerprint density at radius 2 is 1.17 bits per heavy atom. The average molecular weight is 468 g/mol. The number of halogens is 3. The quantitative estimate of drug-likeness (QED) is 0.486. The molecule has 9 nitrogen and oxygen atoms in total. The van der Waals surface area contributed by atoms with Crippen LogP contribution in [0, 0.1) is 0 Å². The maximum Gasteiger partial charge on any atom is 0.471 e. The van der Waals surface area contributed by atoms with E-state index in [0.717, 1.165) is 24.3 Å². The Morgan fingerprint density at radius 1 is 0.800 bits per heavy atom. The number of sulfonamides is 2. The van der Waals surface area contributed by atoms with Crippen LogP contribution in [0.2, 0.25) is 0 Å². The van der Waals surface area contributed by atoms with Crippen molar-refractivity contribution in [2.45, 2.75) is 16.0 Å². The smallest absolute Gasteiger partial charge is 0.399 e. The second kappa shape index (κ2) is 9.88. The Kier molecular flexibility index (Phi) is 8.35.